The lowest BCUT2D eigenvalue weighted by atomic mass is 10.1. The fourth-order valence-corrected chi connectivity index (χ4v) is 2.55. The number of hydrogen-bond acceptors (Lipinski definition) is 6. The highest BCUT2D eigenvalue weighted by Crippen LogP contribution is 2.18. The fourth-order valence-electron chi connectivity index (χ4n) is 2.55. The first kappa shape index (κ1) is 18.5. The number of nitrogens with one attached hydrogen (secondary N) is 3. The first-order chi connectivity index (χ1) is 13.0. The van der Waals surface area contributed by atoms with Gasteiger partial charge in [-0.05, 0) is 44.6 Å². The van der Waals surface area contributed by atoms with Crippen LogP contribution in [0.25, 0.3) is 10.8 Å². The minimum Gasteiger partial charge on any atom is -0.369 e. The van der Waals surface area contributed by atoms with Crippen LogP contribution in [0, 0.1) is 6.92 Å². The maximum atomic E-state index is 12.3. The van der Waals surface area contributed by atoms with Crippen LogP contribution in [0.5, 0.6) is 0 Å². The quantitative estimate of drug-likeness (QED) is 0.612. The van der Waals surface area contributed by atoms with E-state index in [-0.39, 0.29) is 10.2 Å². The van der Waals surface area contributed by atoms with Crippen LogP contribution >= 0.6 is 0 Å². The zero-order chi connectivity index (χ0) is 19.2. The molecule has 0 saturated carbocycles. The second-order valence-corrected chi connectivity index (χ2v) is 6.46. The Labute approximate surface area is 162 Å². The Morgan fingerprint density at radius 3 is 2.78 bits per heavy atom. The number of likely N-dealkylation sites (N-methyl/N-ethyl adjacent to an activating group) is 1. The van der Waals surface area contributed by atoms with Crippen molar-refractivity contribution in [2.45, 2.75) is 6.92 Å². The lowest BCUT2D eigenvalue weighted by molar-refractivity contribution is 0.262. The summed E-state index contributed by atoms with van der Waals surface area (Å²) < 4.78 is 0. The Morgan fingerprint density at radius 2 is 1.96 bits per heavy atom. The van der Waals surface area contributed by atoms with E-state index in [1.165, 1.54) is 0 Å². The topological polar surface area (TPSA) is 95.1 Å². The van der Waals surface area contributed by atoms with Crippen molar-refractivity contribution in [3.05, 3.63) is 48.4 Å². The second-order valence-electron chi connectivity index (χ2n) is 6.46. The Kier molecular flexibility index (Phi) is 5.77. The van der Waals surface area contributed by atoms with Gasteiger partial charge in [-0.25, -0.2) is 9.78 Å². The molecule has 3 rings (SSSR count). The lowest BCUT2D eigenvalue weighted by Crippen LogP contribution is -2.23. The Balaban J connectivity index is 0.00000280. The fraction of sp³-hybridized carbons (Fsp3) is 0.263. The number of aryl methyl sites for hydroxylation is 1. The third kappa shape index (κ3) is 5.35. The molecule has 0 bridgehead atoms. The molecule has 0 atom stereocenters. The highest BCUT2D eigenvalue weighted by molar-refractivity contribution is 6.00. The molecular weight excluding hydrogens is 342 g/mol. The van der Waals surface area contributed by atoms with Crippen LogP contribution in [-0.4, -0.2) is 53.1 Å². The molecule has 0 saturated heterocycles. The molecule has 0 radical (unpaired) electrons. The van der Waals surface area contributed by atoms with Crippen molar-refractivity contribution >= 4 is 34.3 Å². The van der Waals surface area contributed by atoms with Crippen LogP contribution in [0.3, 0.4) is 0 Å². The normalized spacial score (nSPS) is 10.8. The molecule has 0 unspecified atom stereocenters. The van der Waals surface area contributed by atoms with Gasteiger partial charge in [-0.15, -0.1) is 0 Å². The number of carbonyl (C=O) groups excluding carboxylic acids is 1. The molecule has 3 N–H and O–H groups in total. The van der Waals surface area contributed by atoms with Gasteiger partial charge in [-0.3, -0.25) is 10.3 Å². The molecule has 8 nitrogen and oxygen atoms in total. The molecule has 0 aliphatic carbocycles. The molecule has 27 heavy (non-hydrogen) atoms. The Hall–Kier alpha value is -3.26. The summed E-state index contributed by atoms with van der Waals surface area (Å²) in [7, 11) is 4.01. The lowest BCUT2D eigenvalue weighted by Gasteiger charge is -2.12. The van der Waals surface area contributed by atoms with Crippen molar-refractivity contribution in [1.82, 2.24) is 19.9 Å². The number of nitrogens with zero attached hydrogens (tertiary/aromatic N) is 4. The highest BCUT2D eigenvalue weighted by Gasteiger charge is 2.08. The second kappa shape index (κ2) is 8.41. The number of urea groups is 1. The number of anilines is 3. The molecule has 0 aliphatic rings. The van der Waals surface area contributed by atoms with Crippen molar-refractivity contribution in [3.8, 4) is 0 Å². The molecule has 8 heteroatoms. The summed E-state index contributed by atoms with van der Waals surface area (Å²) >= 11 is 0. The van der Waals surface area contributed by atoms with Gasteiger partial charge in [-0.1, -0.05) is 6.07 Å². The molecule has 3 aromatic rings. The first-order valence-electron chi connectivity index (χ1n) is 8.66. The molecule has 146 valence electrons. The number of carbonyl (C=O) groups is 1. The molecule has 2 amide bonds. The first-order valence-corrected chi connectivity index (χ1v) is 8.66. The minimum absolute atomic E-state index is 0. The zero-order valence-corrected chi connectivity index (χ0v) is 15.7. The number of amides is 2. The molecular formula is C19H29N7O. The van der Waals surface area contributed by atoms with Gasteiger partial charge >= 0.3 is 6.03 Å². The van der Waals surface area contributed by atoms with Crippen LogP contribution in [0.15, 0.2) is 42.7 Å². The van der Waals surface area contributed by atoms with Crippen molar-refractivity contribution in [2.75, 3.05) is 43.1 Å². The van der Waals surface area contributed by atoms with Crippen molar-refractivity contribution in [2.24, 2.45) is 0 Å². The largest absolute Gasteiger partial charge is 0.369 e. The summed E-state index contributed by atoms with van der Waals surface area (Å²) in [5.74, 6) is 0.929. The van der Waals surface area contributed by atoms with E-state index in [2.05, 4.69) is 35.8 Å². The smallest absolute Gasteiger partial charge is 0.326 e. The van der Waals surface area contributed by atoms with Crippen LogP contribution in [0.2, 0.25) is 0 Å². The zero-order valence-electron chi connectivity index (χ0n) is 15.7. The third-order valence-electron chi connectivity index (χ3n) is 3.84. The summed E-state index contributed by atoms with van der Waals surface area (Å²) in [5.41, 5.74) is 1.44. The molecule has 2 aromatic heterocycles. The third-order valence-corrected chi connectivity index (χ3v) is 3.84. The van der Waals surface area contributed by atoms with Crippen molar-refractivity contribution < 1.29 is 9.07 Å². The van der Waals surface area contributed by atoms with E-state index in [4.69, 9.17) is 0 Å². The molecule has 0 spiro atoms. The van der Waals surface area contributed by atoms with Gasteiger partial charge < -0.3 is 15.5 Å². The number of fused-ring (bicyclic) bond motifs is 1. The Morgan fingerprint density at radius 1 is 1.11 bits per heavy atom. The van der Waals surface area contributed by atoms with Gasteiger partial charge in [0.15, 0.2) is 0 Å². The standard InChI is InChI=1S/C19H23N7O.3H2/c1-13-10-17(21-8-9-26(2)3)24-18(22-13)25-19(27)23-16-5-4-14-6-7-20-12-15(14)11-16;;;/h4-7,10-12H,8-9H2,1-3H3,(H3,21,22,23,24,25,27);3*1H. The summed E-state index contributed by atoms with van der Waals surface area (Å²) in [4.78, 5) is 27.1. The van der Waals surface area contributed by atoms with Gasteiger partial charge in [0.05, 0.1) is 0 Å². The predicted octanol–water partition coefficient (Wildman–Crippen LogP) is 3.69. The van der Waals surface area contributed by atoms with E-state index in [0.29, 0.717) is 11.5 Å². The maximum Gasteiger partial charge on any atom is 0.326 e. The minimum atomic E-state index is -0.400. The van der Waals surface area contributed by atoms with Crippen LogP contribution < -0.4 is 16.0 Å². The molecule has 0 fully saturated rings. The van der Waals surface area contributed by atoms with E-state index >= 15 is 0 Å². The van der Waals surface area contributed by atoms with Gasteiger partial charge in [0.2, 0.25) is 5.95 Å². The van der Waals surface area contributed by atoms with E-state index in [1.54, 1.807) is 12.4 Å². The van der Waals surface area contributed by atoms with Crippen molar-refractivity contribution in [1.29, 1.82) is 0 Å². The van der Waals surface area contributed by atoms with E-state index in [9.17, 15) is 4.79 Å². The van der Waals surface area contributed by atoms with Crippen molar-refractivity contribution in [3.63, 3.8) is 0 Å². The highest BCUT2D eigenvalue weighted by atomic mass is 16.2. The predicted molar refractivity (Wildman–Crippen MR) is 115 cm³/mol. The van der Waals surface area contributed by atoms with E-state index < -0.39 is 6.03 Å². The number of rotatable bonds is 6. The summed E-state index contributed by atoms with van der Waals surface area (Å²) in [6.07, 6.45) is 3.50. The number of benzene rings is 1. The average molecular weight is 371 g/mol. The number of aromatic nitrogens is 3. The number of hydrogen-bond donors (Lipinski definition) is 3. The van der Waals surface area contributed by atoms with Crippen LogP contribution in [0.1, 0.15) is 9.97 Å². The average Bonchev–Trinajstić information content (AvgIpc) is 2.60. The van der Waals surface area contributed by atoms with Gasteiger partial charge in [0, 0.05) is 52.6 Å². The van der Waals surface area contributed by atoms with Gasteiger partial charge in [-0.2, -0.15) is 4.98 Å². The maximum absolute atomic E-state index is 12.3. The van der Waals surface area contributed by atoms with Crippen LogP contribution in [0.4, 0.5) is 22.2 Å². The van der Waals surface area contributed by atoms with E-state index in [1.807, 2.05) is 51.4 Å². The van der Waals surface area contributed by atoms with Gasteiger partial charge in [0.25, 0.3) is 0 Å². The van der Waals surface area contributed by atoms with Gasteiger partial charge in [0.1, 0.15) is 5.82 Å². The molecule has 1 aromatic carbocycles. The summed E-state index contributed by atoms with van der Waals surface area (Å²) in [6.45, 7) is 3.49. The summed E-state index contributed by atoms with van der Waals surface area (Å²) in [6, 6.07) is 9.01. The monoisotopic (exact) mass is 371 g/mol. The van der Waals surface area contributed by atoms with E-state index in [0.717, 1.165) is 29.6 Å². The Bertz CT molecular complexity index is 956. The molecule has 0 aliphatic heterocycles. The molecule has 2 heterocycles. The summed E-state index contributed by atoms with van der Waals surface area (Å²) in [5, 5.41) is 10.7. The van der Waals surface area contributed by atoms with Crippen LogP contribution in [-0.2, 0) is 0 Å². The number of pyridine rings is 1. The SMILES string of the molecule is Cc1cc(NCCN(C)C)nc(NC(=O)Nc2ccc3ccncc3c2)n1.[HH].[HH].[HH].